The van der Waals surface area contributed by atoms with Gasteiger partial charge in [0.2, 0.25) is 0 Å². The van der Waals surface area contributed by atoms with Crippen LogP contribution in [0.25, 0.3) is 0 Å². The van der Waals surface area contributed by atoms with Crippen molar-refractivity contribution >= 4 is 35.8 Å². The van der Waals surface area contributed by atoms with Gasteiger partial charge in [0.1, 0.15) is 33.6 Å². The van der Waals surface area contributed by atoms with Crippen molar-refractivity contribution in [1.82, 2.24) is 0 Å². The van der Waals surface area contributed by atoms with Crippen LogP contribution in [0.15, 0.2) is 0 Å². The van der Waals surface area contributed by atoms with E-state index in [-0.39, 0.29) is 110 Å². The first-order valence-electron chi connectivity index (χ1n) is 54.9. The van der Waals surface area contributed by atoms with E-state index < -0.39 is 0 Å². The molecule has 0 aliphatic heterocycles. The molecule has 0 amide bonds. The average molecular weight is 1740 g/mol. The lowest BCUT2D eigenvalue weighted by molar-refractivity contribution is -0.203. The van der Waals surface area contributed by atoms with Crippen molar-refractivity contribution < 1.29 is 57.2 Å². The Labute approximate surface area is 766 Å². The van der Waals surface area contributed by atoms with Crippen LogP contribution in [0.5, 0.6) is 0 Å². The fourth-order valence-electron chi connectivity index (χ4n) is 31.9. The van der Waals surface area contributed by atoms with Crippen LogP contribution in [0.4, 0.5) is 0 Å². The smallest absolute Gasteiger partial charge is 0.309 e. The van der Waals surface area contributed by atoms with Crippen LogP contribution in [-0.2, 0) is 57.2 Å². The number of rotatable bonds is 26. The minimum atomic E-state index is -0.348. The lowest BCUT2D eigenvalue weighted by Gasteiger charge is -2.61. The molecule has 8 bridgehead atoms. The molecule has 17 rings (SSSR count). The van der Waals surface area contributed by atoms with Crippen LogP contribution >= 0.6 is 0 Å². The molecule has 17 aliphatic rings. The zero-order chi connectivity index (χ0) is 90.7. The summed E-state index contributed by atoms with van der Waals surface area (Å²) >= 11 is 0. The normalized spacial score (nSPS) is 39.6. The van der Waals surface area contributed by atoms with Crippen molar-refractivity contribution in [1.29, 1.82) is 0 Å². The summed E-state index contributed by atoms with van der Waals surface area (Å²) in [6.45, 7) is 47.7. The molecule has 0 aromatic heterocycles. The summed E-state index contributed by atoms with van der Waals surface area (Å²) in [7, 11) is 0. The molecule has 0 aromatic carbocycles. The number of carbonyl (C=O) groups excluding carboxylic acids is 6. The van der Waals surface area contributed by atoms with Gasteiger partial charge in [-0.05, 0) is 410 Å². The molecule has 12 nitrogen and oxygen atoms in total. The summed E-state index contributed by atoms with van der Waals surface area (Å²) in [6.07, 6.45) is 60.8. The summed E-state index contributed by atoms with van der Waals surface area (Å²) < 4.78 is 36.3. The van der Waals surface area contributed by atoms with Crippen molar-refractivity contribution in [3.63, 3.8) is 0 Å². The fourth-order valence-corrected chi connectivity index (χ4v) is 31.9. The van der Waals surface area contributed by atoms with Crippen LogP contribution < -0.4 is 0 Å². The second-order valence-electron chi connectivity index (χ2n) is 48.6. The Hall–Kier alpha value is -3.18. The van der Waals surface area contributed by atoms with E-state index in [1.165, 1.54) is 205 Å². The van der Waals surface area contributed by atoms with Crippen LogP contribution in [0.1, 0.15) is 473 Å². The molecule has 718 valence electrons. The van der Waals surface area contributed by atoms with Gasteiger partial charge in [0.25, 0.3) is 0 Å². The summed E-state index contributed by atoms with van der Waals surface area (Å²) in [5.41, 5.74) is -1.00. The fraction of sp³-hybridized carbons (Fsp3) is 0.947. The molecular formula is C113H194O12. The quantitative estimate of drug-likeness (QED) is 0.0597. The van der Waals surface area contributed by atoms with Crippen LogP contribution in [0.2, 0.25) is 0 Å². The molecule has 0 heterocycles. The molecule has 0 radical (unpaired) electrons. The van der Waals surface area contributed by atoms with E-state index in [4.69, 9.17) is 28.4 Å². The van der Waals surface area contributed by atoms with Crippen molar-refractivity contribution in [2.45, 2.75) is 507 Å². The number of hydrogen-bond acceptors (Lipinski definition) is 12. The highest BCUT2D eigenvalue weighted by molar-refractivity contribution is 5.76. The highest BCUT2D eigenvalue weighted by Crippen LogP contribution is 2.68. The number of carbonyl (C=O) groups is 6. The molecule has 0 spiro atoms. The first-order valence-corrected chi connectivity index (χ1v) is 54.9. The Bertz CT molecular complexity index is 3340. The SMILES string of the molecule is CCC1CC(CC)C(C(=O)OC(C)(C)C)C1.CCC1CC(CC)C(C(=O)OC(C)(C)C23CC4CC(CC(C4)C2)C3)C1.CCC1CC(CC)C(C(=O)OC2(C3CCCCC3)CCCC2)C1.CCC1CC(CC)C(C(=O)OC2(CC)CC3CCC2C3)C1.CCC1CC(CC)C(C(=O)OC2(CC)CCCC2)C1.CCC1CC(CC)C2C3CC(CC3C(=O)OC(C)(C)C)C12. The molecule has 17 saturated carbocycles. The predicted molar refractivity (Wildman–Crippen MR) is 509 cm³/mol. The maximum atomic E-state index is 13.2. The maximum Gasteiger partial charge on any atom is 0.309 e. The second-order valence-corrected chi connectivity index (χ2v) is 48.6. The van der Waals surface area contributed by atoms with E-state index >= 15 is 0 Å². The lowest BCUT2D eigenvalue weighted by atomic mass is 9.46. The highest BCUT2D eigenvalue weighted by Gasteiger charge is 2.63. The molecular weight excluding hydrogens is 1550 g/mol. The van der Waals surface area contributed by atoms with E-state index in [2.05, 4.69) is 111 Å². The largest absolute Gasteiger partial charge is 0.460 e. The van der Waals surface area contributed by atoms with Gasteiger partial charge in [-0.1, -0.05) is 193 Å². The molecule has 17 aliphatic carbocycles. The Morgan fingerprint density at radius 1 is 0.288 bits per heavy atom. The lowest BCUT2D eigenvalue weighted by Crippen LogP contribution is -2.57. The van der Waals surface area contributed by atoms with Crippen molar-refractivity contribution in [3.05, 3.63) is 0 Å². The van der Waals surface area contributed by atoms with Crippen molar-refractivity contribution in [3.8, 4) is 0 Å². The van der Waals surface area contributed by atoms with Gasteiger partial charge in [-0.3, -0.25) is 28.8 Å². The van der Waals surface area contributed by atoms with Gasteiger partial charge in [-0.2, -0.15) is 0 Å². The number of ether oxygens (including phenoxy) is 6. The monoisotopic (exact) mass is 1740 g/mol. The first kappa shape index (κ1) is 102. The number of hydrogen-bond donors (Lipinski definition) is 0. The molecule has 0 aromatic rings. The third-order valence-corrected chi connectivity index (χ3v) is 39.0. The molecule has 0 N–H and O–H groups in total. The third-order valence-electron chi connectivity index (χ3n) is 39.0. The van der Waals surface area contributed by atoms with Crippen molar-refractivity contribution in [2.75, 3.05) is 0 Å². The van der Waals surface area contributed by atoms with Gasteiger partial charge in [0.15, 0.2) is 0 Å². The Morgan fingerprint density at radius 3 is 1.03 bits per heavy atom. The molecule has 25 unspecified atom stereocenters. The minimum Gasteiger partial charge on any atom is -0.460 e. The zero-order valence-corrected chi connectivity index (χ0v) is 84.9. The van der Waals surface area contributed by atoms with Crippen molar-refractivity contribution in [2.24, 2.45) is 171 Å². The van der Waals surface area contributed by atoms with E-state index in [9.17, 15) is 28.8 Å². The number of fused-ring (bicyclic) bond motifs is 7. The predicted octanol–water partition coefficient (Wildman–Crippen LogP) is 30.0. The van der Waals surface area contributed by atoms with Gasteiger partial charge in [0, 0.05) is 5.41 Å². The van der Waals surface area contributed by atoms with Crippen LogP contribution in [0.3, 0.4) is 0 Å². The summed E-state index contributed by atoms with van der Waals surface area (Å²) in [6, 6.07) is 0. The van der Waals surface area contributed by atoms with E-state index in [1.807, 2.05) is 41.5 Å². The van der Waals surface area contributed by atoms with E-state index in [0.717, 1.165) is 198 Å². The molecule has 125 heavy (non-hydrogen) atoms. The van der Waals surface area contributed by atoms with Gasteiger partial charge in [-0.25, -0.2) is 0 Å². The molecule has 25 atom stereocenters. The van der Waals surface area contributed by atoms with Gasteiger partial charge in [-0.15, -0.1) is 0 Å². The third kappa shape index (κ3) is 24.3. The maximum absolute atomic E-state index is 13.2. The molecule has 17 fully saturated rings. The molecule has 12 heteroatoms. The Morgan fingerprint density at radius 2 is 0.664 bits per heavy atom. The van der Waals surface area contributed by atoms with Gasteiger partial charge in [0.05, 0.1) is 35.5 Å². The van der Waals surface area contributed by atoms with Gasteiger partial charge < -0.3 is 28.4 Å². The highest BCUT2D eigenvalue weighted by atomic mass is 16.6. The van der Waals surface area contributed by atoms with E-state index in [0.29, 0.717) is 47.3 Å². The topological polar surface area (TPSA) is 158 Å². The standard InChI is InChI=1S/C23H38O2.C21H36O2.2C19H32O2.C17H30O2.C14H26O2/c1-5-15-10-19(6-2)20(11-15)21(24)25-22(3,4)23-12-16-7-17(13-23)9-18(8-16)14-23;1-3-16-14-17(4-2)19(15-16)20(22)23-21(12-8-9-13-21)18-10-6-5-7-11-18;1-6-11-8-12(7-2)17-14-9-13(16(11)17)10-15(14)18(20)21-19(3,4)5;1-4-13-9-15(5-2)17(11-13)18(20)21-19(6-3)12-14-7-8-16(19)10-14;1-4-13-11-14(5-2)15(12-13)16(18)19-17(6-3)9-7-8-10-17;1-6-10-8-11(7-2)12(9-10)13(15)16-14(3,4)5/h15-20H,5-14H2,1-4H3;16-19H,3-15H2,1-2H3;11-17H,6-10H2,1-5H3;13-17H,4-12H2,1-3H3;13-15H,4-12H2,1-3H3;10-12H,6-9H2,1-5H3. The Kier molecular flexibility index (Phi) is 36.7. The first-order chi connectivity index (χ1) is 59.5. The van der Waals surface area contributed by atoms with Crippen LogP contribution in [0, 0.1) is 171 Å². The summed E-state index contributed by atoms with van der Waals surface area (Å²) in [4.78, 5) is 76.3. The minimum absolute atomic E-state index is 0.0234. The Balaban J connectivity index is 0.000000147. The average Bonchev–Trinajstić information content (AvgIpc) is 1.57. The zero-order valence-electron chi connectivity index (χ0n) is 84.9. The van der Waals surface area contributed by atoms with Crippen LogP contribution in [-0.4, -0.2) is 69.4 Å². The summed E-state index contributed by atoms with van der Waals surface area (Å²) in [5.74, 6) is 18.0. The molecule has 0 saturated heterocycles. The van der Waals surface area contributed by atoms with E-state index in [1.54, 1.807) is 0 Å². The van der Waals surface area contributed by atoms with Gasteiger partial charge >= 0.3 is 35.8 Å². The second kappa shape index (κ2) is 44.8. The number of esters is 6. The summed E-state index contributed by atoms with van der Waals surface area (Å²) in [5, 5.41) is 0.